The SMILES string of the molecule is CCN(CC)CCCNC(=O)C1NCCc2ccccc21. The summed E-state index contributed by atoms with van der Waals surface area (Å²) in [5.74, 6) is 0.0988. The number of benzene rings is 1. The molecular formula is C17H27N3O. The number of carbonyl (C=O) groups excluding carboxylic acids is 1. The molecule has 0 saturated heterocycles. The van der Waals surface area contributed by atoms with Crippen LogP contribution in [-0.4, -0.2) is 43.5 Å². The fourth-order valence-electron chi connectivity index (χ4n) is 2.89. The fourth-order valence-corrected chi connectivity index (χ4v) is 2.89. The highest BCUT2D eigenvalue weighted by Crippen LogP contribution is 2.22. The van der Waals surface area contributed by atoms with Gasteiger partial charge >= 0.3 is 0 Å². The minimum atomic E-state index is -0.191. The molecular weight excluding hydrogens is 262 g/mol. The van der Waals surface area contributed by atoms with Crippen LogP contribution in [0.4, 0.5) is 0 Å². The van der Waals surface area contributed by atoms with E-state index in [-0.39, 0.29) is 11.9 Å². The molecule has 1 unspecified atom stereocenters. The summed E-state index contributed by atoms with van der Waals surface area (Å²) in [5, 5.41) is 6.39. The highest BCUT2D eigenvalue weighted by molar-refractivity contribution is 5.83. The van der Waals surface area contributed by atoms with Crippen molar-refractivity contribution in [3.63, 3.8) is 0 Å². The quantitative estimate of drug-likeness (QED) is 0.751. The second-order valence-corrected chi connectivity index (χ2v) is 5.51. The molecule has 1 aliphatic rings. The molecule has 1 aromatic carbocycles. The van der Waals surface area contributed by atoms with Crippen LogP contribution < -0.4 is 10.6 Å². The number of hydrogen-bond donors (Lipinski definition) is 2. The molecule has 1 amide bonds. The zero-order valence-electron chi connectivity index (χ0n) is 13.2. The number of hydrogen-bond acceptors (Lipinski definition) is 3. The maximum absolute atomic E-state index is 12.4. The van der Waals surface area contributed by atoms with E-state index >= 15 is 0 Å². The zero-order valence-corrected chi connectivity index (χ0v) is 13.2. The Balaban J connectivity index is 1.82. The van der Waals surface area contributed by atoms with E-state index in [1.54, 1.807) is 0 Å². The van der Waals surface area contributed by atoms with Crippen molar-refractivity contribution in [2.24, 2.45) is 0 Å². The van der Waals surface area contributed by atoms with Crippen LogP contribution in [0.15, 0.2) is 24.3 Å². The molecule has 0 bridgehead atoms. The minimum absolute atomic E-state index is 0.0988. The number of nitrogens with one attached hydrogen (secondary N) is 2. The molecule has 4 nitrogen and oxygen atoms in total. The summed E-state index contributed by atoms with van der Waals surface area (Å²) in [6, 6.07) is 8.04. The van der Waals surface area contributed by atoms with Gasteiger partial charge in [0, 0.05) is 13.1 Å². The van der Waals surface area contributed by atoms with Crippen LogP contribution in [0, 0.1) is 0 Å². The number of amides is 1. The van der Waals surface area contributed by atoms with Gasteiger partial charge in [-0.2, -0.15) is 0 Å². The molecule has 2 rings (SSSR count). The topological polar surface area (TPSA) is 44.4 Å². The number of carbonyl (C=O) groups is 1. The van der Waals surface area contributed by atoms with Gasteiger partial charge in [-0.3, -0.25) is 4.79 Å². The first-order valence-corrected chi connectivity index (χ1v) is 8.07. The van der Waals surface area contributed by atoms with Gasteiger partial charge in [0.05, 0.1) is 0 Å². The van der Waals surface area contributed by atoms with Crippen molar-refractivity contribution in [1.82, 2.24) is 15.5 Å². The van der Waals surface area contributed by atoms with Gasteiger partial charge in [0.1, 0.15) is 6.04 Å². The second kappa shape index (κ2) is 8.15. The van der Waals surface area contributed by atoms with Gasteiger partial charge in [0.25, 0.3) is 0 Å². The van der Waals surface area contributed by atoms with Gasteiger partial charge < -0.3 is 15.5 Å². The molecule has 0 aliphatic carbocycles. The number of rotatable bonds is 7. The van der Waals surface area contributed by atoms with E-state index in [0.29, 0.717) is 0 Å². The van der Waals surface area contributed by atoms with Crippen molar-refractivity contribution in [2.45, 2.75) is 32.7 Å². The van der Waals surface area contributed by atoms with E-state index in [1.165, 1.54) is 5.56 Å². The summed E-state index contributed by atoms with van der Waals surface area (Å²) in [4.78, 5) is 14.7. The molecule has 1 aliphatic heterocycles. The Hall–Kier alpha value is -1.39. The van der Waals surface area contributed by atoms with Gasteiger partial charge in [0.15, 0.2) is 0 Å². The molecule has 21 heavy (non-hydrogen) atoms. The van der Waals surface area contributed by atoms with E-state index in [0.717, 1.165) is 51.1 Å². The third kappa shape index (κ3) is 4.29. The molecule has 1 atom stereocenters. The Labute approximate surface area is 127 Å². The van der Waals surface area contributed by atoms with Crippen molar-refractivity contribution < 1.29 is 4.79 Å². The summed E-state index contributed by atoms with van der Waals surface area (Å²) in [6.45, 7) is 9.14. The van der Waals surface area contributed by atoms with Gasteiger partial charge in [0.2, 0.25) is 5.91 Å². The average molecular weight is 289 g/mol. The maximum Gasteiger partial charge on any atom is 0.241 e. The molecule has 116 valence electrons. The Kier molecular flexibility index (Phi) is 6.21. The minimum Gasteiger partial charge on any atom is -0.354 e. The van der Waals surface area contributed by atoms with Crippen LogP contribution in [0.3, 0.4) is 0 Å². The predicted octanol–water partition coefficient (Wildman–Crippen LogP) is 1.72. The molecule has 0 radical (unpaired) electrons. The lowest BCUT2D eigenvalue weighted by Crippen LogP contribution is -2.42. The first-order chi connectivity index (χ1) is 10.3. The molecule has 0 spiro atoms. The monoisotopic (exact) mass is 289 g/mol. The largest absolute Gasteiger partial charge is 0.354 e. The Bertz CT molecular complexity index is 457. The predicted molar refractivity (Wildman–Crippen MR) is 86.3 cm³/mol. The lowest BCUT2D eigenvalue weighted by atomic mass is 9.94. The highest BCUT2D eigenvalue weighted by Gasteiger charge is 2.25. The average Bonchev–Trinajstić information content (AvgIpc) is 2.54. The molecule has 1 heterocycles. The summed E-state index contributed by atoms with van der Waals surface area (Å²) in [6.07, 6.45) is 2.00. The summed E-state index contributed by atoms with van der Waals surface area (Å²) < 4.78 is 0. The number of fused-ring (bicyclic) bond motifs is 1. The van der Waals surface area contributed by atoms with Crippen molar-refractivity contribution in [2.75, 3.05) is 32.7 Å². The van der Waals surface area contributed by atoms with Crippen molar-refractivity contribution in [1.29, 1.82) is 0 Å². The van der Waals surface area contributed by atoms with Crippen LogP contribution in [0.5, 0.6) is 0 Å². The highest BCUT2D eigenvalue weighted by atomic mass is 16.2. The van der Waals surface area contributed by atoms with E-state index in [2.05, 4.69) is 41.5 Å². The molecule has 0 aromatic heterocycles. The standard InChI is InChI=1S/C17H27N3O/c1-3-20(4-2)13-7-11-19-17(21)16-15-9-6-5-8-14(15)10-12-18-16/h5-6,8-9,16,18H,3-4,7,10-13H2,1-2H3,(H,19,21). The second-order valence-electron chi connectivity index (χ2n) is 5.51. The fraction of sp³-hybridized carbons (Fsp3) is 0.588. The van der Waals surface area contributed by atoms with Crippen molar-refractivity contribution >= 4 is 5.91 Å². The first-order valence-electron chi connectivity index (χ1n) is 8.07. The van der Waals surface area contributed by atoms with Crippen LogP contribution >= 0.6 is 0 Å². The maximum atomic E-state index is 12.4. The van der Waals surface area contributed by atoms with Gasteiger partial charge in [-0.15, -0.1) is 0 Å². The number of nitrogens with zero attached hydrogens (tertiary/aromatic N) is 1. The van der Waals surface area contributed by atoms with Crippen LogP contribution in [0.2, 0.25) is 0 Å². The van der Waals surface area contributed by atoms with Gasteiger partial charge in [-0.1, -0.05) is 38.1 Å². The van der Waals surface area contributed by atoms with E-state index in [4.69, 9.17) is 0 Å². The Morgan fingerprint density at radius 3 is 2.86 bits per heavy atom. The van der Waals surface area contributed by atoms with Crippen LogP contribution in [0.1, 0.15) is 37.4 Å². The van der Waals surface area contributed by atoms with Gasteiger partial charge in [-0.05, 0) is 43.6 Å². The van der Waals surface area contributed by atoms with Crippen molar-refractivity contribution in [3.05, 3.63) is 35.4 Å². The van der Waals surface area contributed by atoms with Crippen LogP contribution in [-0.2, 0) is 11.2 Å². The molecule has 1 aromatic rings. The molecule has 0 fully saturated rings. The van der Waals surface area contributed by atoms with E-state index < -0.39 is 0 Å². The zero-order chi connectivity index (χ0) is 15.1. The smallest absolute Gasteiger partial charge is 0.241 e. The van der Waals surface area contributed by atoms with E-state index in [1.807, 2.05) is 12.1 Å². The molecule has 0 saturated carbocycles. The first kappa shape index (κ1) is 16.0. The molecule has 4 heteroatoms. The molecule has 2 N–H and O–H groups in total. The van der Waals surface area contributed by atoms with Crippen LogP contribution in [0.25, 0.3) is 0 Å². The normalized spacial score (nSPS) is 17.6. The van der Waals surface area contributed by atoms with Gasteiger partial charge in [-0.25, -0.2) is 0 Å². The summed E-state index contributed by atoms with van der Waals surface area (Å²) >= 11 is 0. The lowest BCUT2D eigenvalue weighted by Gasteiger charge is -2.26. The van der Waals surface area contributed by atoms with E-state index in [9.17, 15) is 4.79 Å². The Morgan fingerprint density at radius 2 is 2.10 bits per heavy atom. The Morgan fingerprint density at radius 1 is 1.33 bits per heavy atom. The van der Waals surface area contributed by atoms with Crippen molar-refractivity contribution in [3.8, 4) is 0 Å². The third-order valence-electron chi connectivity index (χ3n) is 4.22. The summed E-state index contributed by atoms with van der Waals surface area (Å²) in [5.41, 5.74) is 2.42. The summed E-state index contributed by atoms with van der Waals surface area (Å²) in [7, 11) is 0. The lowest BCUT2D eigenvalue weighted by molar-refractivity contribution is -0.123. The third-order valence-corrected chi connectivity index (χ3v) is 4.22.